The molecular formula is C8H12N2. The molecule has 0 aromatic heterocycles. The Morgan fingerprint density at radius 1 is 1.70 bits per heavy atom. The molecule has 54 valence electrons. The van der Waals surface area contributed by atoms with E-state index >= 15 is 0 Å². The molecule has 1 unspecified atom stereocenters. The van der Waals surface area contributed by atoms with Gasteiger partial charge in [-0.25, -0.2) is 0 Å². The van der Waals surface area contributed by atoms with Crippen molar-refractivity contribution in [1.29, 1.82) is 0 Å². The van der Waals surface area contributed by atoms with Gasteiger partial charge in [0.1, 0.15) is 0 Å². The molecule has 2 aliphatic rings. The molecule has 1 atom stereocenters. The molecule has 10 heavy (non-hydrogen) atoms. The molecule has 0 spiro atoms. The lowest BCUT2D eigenvalue weighted by molar-refractivity contribution is 0.696. The standard InChI is InChI=1S/C8H12N2/c1-6-5-8-7(10-6)3-2-4-9-8/h3,6,10H,2,4-5H2,1H3. The second-order valence-corrected chi connectivity index (χ2v) is 2.98. The zero-order valence-corrected chi connectivity index (χ0v) is 6.22. The van der Waals surface area contributed by atoms with E-state index in [0.717, 1.165) is 19.4 Å². The first kappa shape index (κ1) is 5.96. The largest absolute Gasteiger partial charge is 0.381 e. The highest BCUT2D eigenvalue weighted by Gasteiger charge is 2.21. The van der Waals surface area contributed by atoms with E-state index in [1.165, 1.54) is 11.4 Å². The topological polar surface area (TPSA) is 24.4 Å². The lowest BCUT2D eigenvalue weighted by Crippen LogP contribution is -2.16. The van der Waals surface area contributed by atoms with Gasteiger partial charge in [0.05, 0.1) is 11.4 Å². The molecule has 0 amide bonds. The van der Waals surface area contributed by atoms with Crippen LogP contribution in [0.1, 0.15) is 19.8 Å². The summed E-state index contributed by atoms with van der Waals surface area (Å²) in [5.74, 6) is 0. The first-order chi connectivity index (χ1) is 4.86. The smallest absolute Gasteiger partial charge is 0.0596 e. The molecule has 0 saturated carbocycles. The van der Waals surface area contributed by atoms with Crippen LogP contribution in [-0.2, 0) is 0 Å². The Labute approximate surface area is 61.0 Å². The summed E-state index contributed by atoms with van der Waals surface area (Å²) in [6.45, 7) is 3.19. The van der Waals surface area contributed by atoms with Gasteiger partial charge in [0.15, 0.2) is 0 Å². The predicted molar refractivity (Wildman–Crippen MR) is 42.2 cm³/mol. The minimum absolute atomic E-state index is 0.600. The number of rotatable bonds is 0. The minimum atomic E-state index is 0.600. The Bertz CT molecular complexity index is 181. The Hall–Kier alpha value is -0.790. The van der Waals surface area contributed by atoms with E-state index < -0.39 is 0 Å². The lowest BCUT2D eigenvalue weighted by Gasteiger charge is -2.05. The Kier molecular flexibility index (Phi) is 1.26. The van der Waals surface area contributed by atoms with Crippen molar-refractivity contribution in [3.8, 4) is 0 Å². The summed E-state index contributed by atoms with van der Waals surface area (Å²) in [5.41, 5.74) is 2.58. The van der Waals surface area contributed by atoms with Crippen LogP contribution in [0.2, 0.25) is 0 Å². The molecule has 2 aliphatic heterocycles. The van der Waals surface area contributed by atoms with Crippen LogP contribution in [0.3, 0.4) is 0 Å². The van der Waals surface area contributed by atoms with Crippen molar-refractivity contribution >= 4 is 5.71 Å². The molecule has 0 aromatic rings. The predicted octanol–water partition coefficient (Wildman–Crippen LogP) is 1.10. The van der Waals surface area contributed by atoms with Gasteiger partial charge in [-0.1, -0.05) is 6.08 Å². The van der Waals surface area contributed by atoms with E-state index in [-0.39, 0.29) is 0 Å². The van der Waals surface area contributed by atoms with Gasteiger partial charge in [-0.2, -0.15) is 0 Å². The molecule has 2 heterocycles. The highest BCUT2D eigenvalue weighted by molar-refractivity contribution is 6.02. The normalized spacial score (nSPS) is 30.3. The number of fused-ring (bicyclic) bond motifs is 1. The zero-order chi connectivity index (χ0) is 6.97. The molecule has 0 radical (unpaired) electrons. The Morgan fingerprint density at radius 2 is 2.60 bits per heavy atom. The number of aliphatic imine (C=N–C) groups is 1. The quantitative estimate of drug-likeness (QED) is 0.529. The monoisotopic (exact) mass is 136 g/mol. The van der Waals surface area contributed by atoms with Gasteiger partial charge in [0.25, 0.3) is 0 Å². The SMILES string of the molecule is CC1CC2=NCCC=C2N1. The maximum atomic E-state index is 4.43. The van der Waals surface area contributed by atoms with Gasteiger partial charge >= 0.3 is 0 Å². The van der Waals surface area contributed by atoms with Crippen LogP contribution in [0.4, 0.5) is 0 Å². The maximum absolute atomic E-state index is 4.43. The minimum Gasteiger partial charge on any atom is -0.381 e. The molecule has 2 heteroatoms. The second-order valence-electron chi connectivity index (χ2n) is 2.98. The number of hydrogen-bond donors (Lipinski definition) is 1. The maximum Gasteiger partial charge on any atom is 0.0596 e. The van der Waals surface area contributed by atoms with E-state index in [0.29, 0.717) is 6.04 Å². The Balaban J connectivity index is 2.25. The summed E-state index contributed by atoms with van der Waals surface area (Å²) in [4.78, 5) is 4.43. The fourth-order valence-electron chi connectivity index (χ4n) is 1.53. The van der Waals surface area contributed by atoms with E-state index in [9.17, 15) is 0 Å². The highest BCUT2D eigenvalue weighted by atomic mass is 15.0. The number of nitrogens with one attached hydrogen (secondary N) is 1. The average Bonchev–Trinajstić information content (AvgIpc) is 2.27. The van der Waals surface area contributed by atoms with E-state index in [1.807, 2.05) is 0 Å². The van der Waals surface area contributed by atoms with Crippen LogP contribution in [0.15, 0.2) is 16.8 Å². The summed E-state index contributed by atoms with van der Waals surface area (Å²) in [6.07, 6.45) is 4.48. The van der Waals surface area contributed by atoms with E-state index in [2.05, 4.69) is 23.3 Å². The number of dihydropyridines is 1. The molecule has 2 nitrogen and oxygen atoms in total. The molecule has 2 rings (SSSR count). The third-order valence-corrected chi connectivity index (χ3v) is 1.99. The van der Waals surface area contributed by atoms with Crippen molar-refractivity contribution in [3.63, 3.8) is 0 Å². The molecule has 1 fully saturated rings. The summed E-state index contributed by atoms with van der Waals surface area (Å²) >= 11 is 0. The van der Waals surface area contributed by atoms with Crippen LogP contribution in [-0.4, -0.2) is 18.3 Å². The van der Waals surface area contributed by atoms with Gasteiger partial charge < -0.3 is 5.32 Å². The first-order valence-electron chi connectivity index (χ1n) is 3.86. The summed E-state index contributed by atoms with van der Waals surface area (Å²) in [5, 5.41) is 3.39. The van der Waals surface area contributed by atoms with Crippen molar-refractivity contribution in [2.24, 2.45) is 4.99 Å². The van der Waals surface area contributed by atoms with Gasteiger partial charge in [0.2, 0.25) is 0 Å². The van der Waals surface area contributed by atoms with Gasteiger partial charge in [-0.3, -0.25) is 4.99 Å². The molecule has 0 aromatic carbocycles. The number of hydrogen-bond acceptors (Lipinski definition) is 2. The van der Waals surface area contributed by atoms with Crippen LogP contribution in [0.5, 0.6) is 0 Å². The van der Waals surface area contributed by atoms with Crippen molar-refractivity contribution in [1.82, 2.24) is 5.32 Å². The third-order valence-electron chi connectivity index (χ3n) is 1.99. The van der Waals surface area contributed by atoms with E-state index in [4.69, 9.17) is 0 Å². The zero-order valence-electron chi connectivity index (χ0n) is 6.22. The first-order valence-corrected chi connectivity index (χ1v) is 3.86. The Morgan fingerprint density at radius 3 is 3.40 bits per heavy atom. The van der Waals surface area contributed by atoms with Crippen molar-refractivity contribution in [2.75, 3.05) is 6.54 Å². The van der Waals surface area contributed by atoms with Crippen LogP contribution in [0, 0.1) is 0 Å². The number of nitrogens with zero attached hydrogens (tertiary/aromatic N) is 1. The van der Waals surface area contributed by atoms with Crippen molar-refractivity contribution < 1.29 is 0 Å². The molecule has 1 saturated heterocycles. The van der Waals surface area contributed by atoms with Crippen molar-refractivity contribution in [2.45, 2.75) is 25.8 Å². The summed E-state index contributed by atoms with van der Waals surface area (Å²) < 4.78 is 0. The highest BCUT2D eigenvalue weighted by Crippen LogP contribution is 2.16. The van der Waals surface area contributed by atoms with Crippen LogP contribution >= 0.6 is 0 Å². The summed E-state index contributed by atoms with van der Waals surface area (Å²) in [6, 6.07) is 0.600. The molecule has 0 aliphatic carbocycles. The molecular weight excluding hydrogens is 124 g/mol. The number of allylic oxidation sites excluding steroid dienone is 1. The van der Waals surface area contributed by atoms with Crippen molar-refractivity contribution in [3.05, 3.63) is 11.8 Å². The summed E-state index contributed by atoms with van der Waals surface area (Å²) in [7, 11) is 0. The molecule has 0 bridgehead atoms. The fraction of sp³-hybridized carbons (Fsp3) is 0.625. The third kappa shape index (κ3) is 0.838. The fourth-order valence-corrected chi connectivity index (χ4v) is 1.53. The average molecular weight is 136 g/mol. The second kappa shape index (κ2) is 2.11. The lowest BCUT2D eigenvalue weighted by atomic mass is 10.1. The van der Waals surface area contributed by atoms with Crippen LogP contribution < -0.4 is 5.32 Å². The van der Waals surface area contributed by atoms with Gasteiger partial charge in [-0.15, -0.1) is 0 Å². The van der Waals surface area contributed by atoms with Gasteiger partial charge in [-0.05, 0) is 13.3 Å². The van der Waals surface area contributed by atoms with Crippen LogP contribution in [0.25, 0.3) is 0 Å². The van der Waals surface area contributed by atoms with E-state index in [1.54, 1.807) is 0 Å². The molecule has 1 N–H and O–H groups in total. The van der Waals surface area contributed by atoms with Gasteiger partial charge in [0, 0.05) is 19.0 Å².